The van der Waals surface area contributed by atoms with Crippen molar-refractivity contribution in [2.45, 2.75) is 37.8 Å². The number of aliphatic hydroxyl groups is 1. The topological polar surface area (TPSA) is 75.4 Å². The minimum Gasteiger partial charge on any atom is -0.387 e. The van der Waals surface area contributed by atoms with Crippen LogP contribution in [0.25, 0.3) is 0 Å². The van der Waals surface area contributed by atoms with E-state index in [1.54, 1.807) is 6.07 Å². The lowest BCUT2D eigenvalue weighted by Gasteiger charge is -2.16. The zero-order chi connectivity index (χ0) is 14.5. The smallest absolute Gasteiger partial charge is 0.220 e. The normalized spacial score (nSPS) is 23.6. The fourth-order valence-corrected chi connectivity index (χ4v) is 2.67. The molecule has 0 saturated heterocycles. The molecule has 20 heavy (non-hydrogen) atoms. The minimum absolute atomic E-state index is 0.0875. The lowest BCUT2D eigenvalue weighted by molar-refractivity contribution is -0.122. The van der Waals surface area contributed by atoms with E-state index in [0.717, 1.165) is 19.3 Å². The molecule has 3 atom stereocenters. The van der Waals surface area contributed by atoms with E-state index in [2.05, 4.69) is 5.32 Å². The molecule has 1 aromatic carbocycles. The van der Waals surface area contributed by atoms with Gasteiger partial charge in [-0.05, 0) is 36.5 Å². The van der Waals surface area contributed by atoms with Crippen molar-refractivity contribution in [1.29, 1.82) is 0 Å². The number of hydrogen-bond donors (Lipinski definition) is 3. The van der Waals surface area contributed by atoms with Gasteiger partial charge >= 0.3 is 0 Å². The van der Waals surface area contributed by atoms with Crippen LogP contribution in [0.4, 0.5) is 4.39 Å². The third kappa shape index (κ3) is 4.02. The van der Waals surface area contributed by atoms with Crippen LogP contribution in [0.2, 0.25) is 0 Å². The Morgan fingerprint density at radius 1 is 1.50 bits per heavy atom. The summed E-state index contributed by atoms with van der Waals surface area (Å²) in [4.78, 5) is 11.8. The maximum atomic E-state index is 13.0. The quantitative estimate of drug-likeness (QED) is 0.765. The van der Waals surface area contributed by atoms with Crippen molar-refractivity contribution in [2.75, 3.05) is 6.54 Å². The minimum atomic E-state index is -0.896. The third-order valence-electron chi connectivity index (χ3n) is 3.89. The van der Waals surface area contributed by atoms with Gasteiger partial charge in [0.2, 0.25) is 5.91 Å². The zero-order valence-electron chi connectivity index (χ0n) is 11.4. The number of carbonyl (C=O) groups excluding carboxylic acids is 1. The van der Waals surface area contributed by atoms with Gasteiger partial charge in [-0.1, -0.05) is 18.6 Å². The zero-order valence-corrected chi connectivity index (χ0v) is 11.4. The van der Waals surface area contributed by atoms with Crippen LogP contribution >= 0.6 is 0 Å². The summed E-state index contributed by atoms with van der Waals surface area (Å²) in [6, 6.07) is 5.86. The molecular formula is C15H21FN2O2. The van der Waals surface area contributed by atoms with Crippen LogP contribution in [-0.2, 0) is 4.79 Å². The monoisotopic (exact) mass is 280 g/mol. The number of rotatable bonds is 5. The Labute approximate surface area is 118 Å². The van der Waals surface area contributed by atoms with E-state index in [1.165, 1.54) is 18.2 Å². The van der Waals surface area contributed by atoms with Gasteiger partial charge in [0.1, 0.15) is 5.82 Å². The molecule has 0 aromatic heterocycles. The van der Waals surface area contributed by atoms with Crippen LogP contribution in [0.5, 0.6) is 0 Å². The Balaban J connectivity index is 1.78. The Bertz CT molecular complexity index is 467. The average Bonchev–Trinajstić information content (AvgIpc) is 2.81. The predicted octanol–water partition coefficient (Wildman–Crippen LogP) is 1.49. The summed E-state index contributed by atoms with van der Waals surface area (Å²) < 4.78 is 13.0. The average molecular weight is 280 g/mol. The second kappa shape index (κ2) is 6.81. The van der Waals surface area contributed by atoms with Crippen molar-refractivity contribution >= 4 is 5.91 Å². The number of carbonyl (C=O) groups is 1. The van der Waals surface area contributed by atoms with Crippen molar-refractivity contribution < 1.29 is 14.3 Å². The summed E-state index contributed by atoms with van der Waals surface area (Å²) in [6.07, 6.45) is 2.54. The van der Waals surface area contributed by atoms with Crippen molar-refractivity contribution in [3.05, 3.63) is 35.6 Å². The molecule has 1 aromatic rings. The molecule has 110 valence electrons. The Morgan fingerprint density at radius 3 is 2.95 bits per heavy atom. The van der Waals surface area contributed by atoms with Crippen LogP contribution in [0.3, 0.4) is 0 Å². The SMILES string of the molecule is N[C@@H]1CCC[C@H]1CC(=O)NCC(O)c1cccc(F)c1. The van der Waals surface area contributed by atoms with Crippen molar-refractivity contribution in [3.63, 3.8) is 0 Å². The Hall–Kier alpha value is -1.46. The van der Waals surface area contributed by atoms with E-state index in [-0.39, 0.29) is 24.4 Å². The maximum Gasteiger partial charge on any atom is 0.220 e. The van der Waals surface area contributed by atoms with Gasteiger partial charge in [0.25, 0.3) is 0 Å². The molecule has 5 heteroatoms. The molecule has 1 amide bonds. The van der Waals surface area contributed by atoms with Gasteiger partial charge in [-0.2, -0.15) is 0 Å². The molecule has 1 aliphatic rings. The van der Waals surface area contributed by atoms with Crippen LogP contribution in [0.15, 0.2) is 24.3 Å². The summed E-state index contributed by atoms with van der Waals surface area (Å²) >= 11 is 0. The van der Waals surface area contributed by atoms with Crippen LogP contribution in [-0.4, -0.2) is 23.6 Å². The molecule has 0 spiro atoms. The molecule has 1 saturated carbocycles. The molecule has 4 nitrogen and oxygen atoms in total. The fraction of sp³-hybridized carbons (Fsp3) is 0.533. The Morgan fingerprint density at radius 2 is 2.30 bits per heavy atom. The van der Waals surface area contributed by atoms with E-state index in [1.807, 2.05) is 0 Å². The predicted molar refractivity (Wildman–Crippen MR) is 74.3 cm³/mol. The molecule has 1 aliphatic carbocycles. The molecule has 0 radical (unpaired) electrons. The van der Waals surface area contributed by atoms with Gasteiger partial charge in [-0.25, -0.2) is 4.39 Å². The van der Waals surface area contributed by atoms with Crippen LogP contribution in [0, 0.1) is 11.7 Å². The van der Waals surface area contributed by atoms with E-state index in [0.29, 0.717) is 12.0 Å². The summed E-state index contributed by atoms with van der Waals surface area (Å²) in [7, 11) is 0. The molecule has 1 unspecified atom stereocenters. The highest BCUT2D eigenvalue weighted by Crippen LogP contribution is 2.26. The highest BCUT2D eigenvalue weighted by Gasteiger charge is 2.26. The van der Waals surface area contributed by atoms with Gasteiger partial charge in [-0.15, -0.1) is 0 Å². The van der Waals surface area contributed by atoms with Crippen molar-refractivity contribution in [3.8, 4) is 0 Å². The van der Waals surface area contributed by atoms with E-state index >= 15 is 0 Å². The summed E-state index contributed by atoms with van der Waals surface area (Å²) in [5.41, 5.74) is 6.38. The van der Waals surface area contributed by atoms with E-state index < -0.39 is 11.9 Å². The first-order valence-electron chi connectivity index (χ1n) is 7.02. The second-order valence-electron chi connectivity index (χ2n) is 5.43. The number of nitrogens with one attached hydrogen (secondary N) is 1. The first kappa shape index (κ1) is 14.9. The number of halogens is 1. The van der Waals surface area contributed by atoms with Gasteiger partial charge in [0.05, 0.1) is 6.10 Å². The van der Waals surface area contributed by atoms with Gasteiger partial charge in [0, 0.05) is 19.0 Å². The van der Waals surface area contributed by atoms with Gasteiger partial charge in [-0.3, -0.25) is 4.79 Å². The second-order valence-corrected chi connectivity index (χ2v) is 5.43. The molecule has 0 heterocycles. The van der Waals surface area contributed by atoms with Gasteiger partial charge < -0.3 is 16.2 Å². The molecular weight excluding hydrogens is 259 g/mol. The van der Waals surface area contributed by atoms with Gasteiger partial charge in [0.15, 0.2) is 0 Å². The van der Waals surface area contributed by atoms with Crippen LogP contribution < -0.4 is 11.1 Å². The number of amides is 1. The number of benzene rings is 1. The summed E-state index contributed by atoms with van der Waals surface area (Å²) in [6.45, 7) is 0.0875. The fourth-order valence-electron chi connectivity index (χ4n) is 2.67. The number of hydrogen-bond acceptors (Lipinski definition) is 3. The van der Waals surface area contributed by atoms with Crippen molar-refractivity contribution in [1.82, 2.24) is 5.32 Å². The first-order chi connectivity index (χ1) is 9.56. The van der Waals surface area contributed by atoms with Crippen molar-refractivity contribution in [2.24, 2.45) is 11.7 Å². The van der Waals surface area contributed by atoms with Crippen LogP contribution in [0.1, 0.15) is 37.4 Å². The molecule has 0 bridgehead atoms. The molecule has 0 aliphatic heterocycles. The Kier molecular flexibility index (Phi) is 5.09. The van der Waals surface area contributed by atoms with E-state index in [4.69, 9.17) is 5.73 Å². The lowest BCUT2D eigenvalue weighted by atomic mass is 10.00. The van der Waals surface area contributed by atoms with E-state index in [9.17, 15) is 14.3 Å². The number of nitrogens with two attached hydrogens (primary N) is 1. The maximum absolute atomic E-state index is 13.0. The first-order valence-corrected chi connectivity index (χ1v) is 7.02. The lowest BCUT2D eigenvalue weighted by Crippen LogP contribution is -2.33. The number of aliphatic hydroxyl groups excluding tert-OH is 1. The standard InChI is InChI=1S/C15H21FN2O2/c16-12-5-1-4-11(7-12)14(19)9-18-15(20)8-10-3-2-6-13(10)17/h1,4-5,7,10,13-14,19H,2-3,6,8-9,17H2,(H,18,20)/t10-,13+,14?/m0/s1. The molecule has 2 rings (SSSR count). The molecule has 1 fully saturated rings. The largest absolute Gasteiger partial charge is 0.387 e. The highest BCUT2D eigenvalue weighted by molar-refractivity contribution is 5.76. The summed E-state index contributed by atoms with van der Waals surface area (Å²) in [5.74, 6) is -0.270. The highest BCUT2D eigenvalue weighted by atomic mass is 19.1. The molecule has 4 N–H and O–H groups in total. The third-order valence-corrected chi connectivity index (χ3v) is 3.89. The summed E-state index contributed by atoms with van der Waals surface area (Å²) in [5, 5.41) is 12.6.